The van der Waals surface area contributed by atoms with E-state index in [4.69, 9.17) is 5.73 Å². The standard InChI is InChI=1S/C31H37N7O6/c1-17(2)27(32)30(42)37-25(13-20-15-33-16-35-20)29(41)36-24(12-19-14-34-23-6-4-3-5-22(19)23)28(40)38-26(31(43)44)11-18-7-9-21(39)10-8-18/h3-10,14-17,24-27,34,39H,11-13,32H2,1-2H3,(H,33,35)(H,36,41)(H,37,42)(H,38,40)(H,43,44). The second-order valence-electron chi connectivity index (χ2n) is 11.0. The normalized spacial score (nSPS) is 14.0. The number of carbonyl (C=O) groups excluding carboxylic acids is 3. The number of imidazole rings is 1. The molecule has 0 bridgehead atoms. The van der Waals surface area contributed by atoms with E-state index in [0.29, 0.717) is 11.3 Å². The molecule has 13 heteroatoms. The minimum Gasteiger partial charge on any atom is -0.508 e. The van der Waals surface area contributed by atoms with Crippen LogP contribution in [-0.4, -0.2) is 73.0 Å². The quantitative estimate of drug-likeness (QED) is 0.104. The van der Waals surface area contributed by atoms with E-state index in [2.05, 4.69) is 30.9 Å². The van der Waals surface area contributed by atoms with Gasteiger partial charge in [0.25, 0.3) is 0 Å². The van der Waals surface area contributed by atoms with Gasteiger partial charge in [-0.1, -0.05) is 44.2 Å². The molecular weight excluding hydrogens is 566 g/mol. The first-order valence-corrected chi connectivity index (χ1v) is 14.2. The van der Waals surface area contributed by atoms with Crippen LogP contribution >= 0.6 is 0 Å². The van der Waals surface area contributed by atoms with Crippen molar-refractivity contribution in [3.8, 4) is 5.75 Å². The molecule has 0 spiro atoms. The van der Waals surface area contributed by atoms with Gasteiger partial charge in [-0.25, -0.2) is 9.78 Å². The topological polar surface area (TPSA) is 215 Å². The summed E-state index contributed by atoms with van der Waals surface area (Å²) in [4.78, 5) is 62.4. The van der Waals surface area contributed by atoms with E-state index in [-0.39, 0.29) is 30.9 Å². The number of amides is 3. The molecule has 4 unspecified atom stereocenters. The number of para-hydroxylation sites is 1. The van der Waals surface area contributed by atoms with E-state index in [1.165, 1.54) is 24.7 Å². The summed E-state index contributed by atoms with van der Waals surface area (Å²) >= 11 is 0. The SMILES string of the molecule is CC(C)C(N)C(=O)NC(Cc1cnc[nH]1)C(=O)NC(Cc1c[nH]c2ccccc12)C(=O)NC(Cc1ccc(O)cc1)C(=O)O. The van der Waals surface area contributed by atoms with Crippen LogP contribution in [0, 0.1) is 5.92 Å². The zero-order valence-corrected chi connectivity index (χ0v) is 24.4. The Bertz CT molecular complexity index is 1580. The molecule has 232 valence electrons. The summed E-state index contributed by atoms with van der Waals surface area (Å²) in [6, 6.07) is 8.93. The lowest BCUT2D eigenvalue weighted by Gasteiger charge is -2.25. The molecule has 3 amide bonds. The van der Waals surface area contributed by atoms with Gasteiger partial charge in [0.1, 0.15) is 23.9 Å². The number of hydrogen-bond acceptors (Lipinski definition) is 7. The number of hydrogen-bond donors (Lipinski definition) is 8. The number of rotatable bonds is 14. The van der Waals surface area contributed by atoms with Crippen LogP contribution < -0.4 is 21.7 Å². The van der Waals surface area contributed by atoms with Crippen LogP contribution in [0.2, 0.25) is 0 Å². The number of nitrogens with two attached hydrogens (primary N) is 1. The molecule has 2 aromatic heterocycles. The number of H-pyrrole nitrogens is 2. The van der Waals surface area contributed by atoms with Crippen molar-refractivity contribution in [1.29, 1.82) is 0 Å². The van der Waals surface area contributed by atoms with Crippen molar-refractivity contribution in [2.75, 3.05) is 0 Å². The van der Waals surface area contributed by atoms with Crippen molar-refractivity contribution in [3.63, 3.8) is 0 Å². The summed E-state index contributed by atoms with van der Waals surface area (Å²) in [7, 11) is 0. The van der Waals surface area contributed by atoms with Crippen LogP contribution in [-0.2, 0) is 38.4 Å². The molecule has 13 nitrogen and oxygen atoms in total. The molecule has 0 aliphatic rings. The van der Waals surface area contributed by atoms with Crippen molar-refractivity contribution in [2.45, 2.75) is 57.3 Å². The van der Waals surface area contributed by atoms with Gasteiger partial charge in [0.15, 0.2) is 0 Å². The van der Waals surface area contributed by atoms with Crippen LogP contribution in [0.4, 0.5) is 0 Å². The Kier molecular flexibility index (Phi) is 10.3. The molecule has 2 heterocycles. The largest absolute Gasteiger partial charge is 0.508 e. The Morgan fingerprint density at radius 2 is 1.48 bits per heavy atom. The lowest BCUT2D eigenvalue weighted by Crippen LogP contribution is -2.58. The molecule has 4 atom stereocenters. The van der Waals surface area contributed by atoms with Crippen molar-refractivity contribution < 1.29 is 29.4 Å². The third-order valence-corrected chi connectivity index (χ3v) is 7.36. The number of fused-ring (bicyclic) bond motifs is 1. The average Bonchev–Trinajstić information content (AvgIpc) is 3.66. The van der Waals surface area contributed by atoms with Gasteiger partial charge in [-0.2, -0.15) is 0 Å². The van der Waals surface area contributed by atoms with Crippen LogP contribution in [0.1, 0.15) is 30.7 Å². The monoisotopic (exact) mass is 603 g/mol. The maximum absolute atomic E-state index is 13.7. The van der Waals surface area contributed by atoms with Gasteiger partial charge in [0.05, 0.1) is 12.4 Å². The maximum Gasteiger partial charge on any atom is 0.326 e. The summed E-state index contributed by atoms with van der Waals surface area (Å²) in [6.45, 7) is 3.57. The summed E-state index contributed by atoms with van der Waals surface area (Å²) in [5.41, 5.74) is 8.73. The number of aromatic amines is 2. The Balaban J connectivity index is 1.60. The molecular formula is C31H37N7O6. The zero-order chi connectivity index (χ0) is 31.8. The van der Waals surface area contributed by atoms with Gasteiger partial charge < -0.3 is 41.9 Å². The fourth-order valence-corrected chi connectivity index (χ4v) is 4.74. The van der Waals surface area contributed by atoms with Gasteiger partial charge in [0, 0.05) is 48.3 Å². The Morgan fingerprint density at radius 1 is 0.841 bits per heavy atom. The third kappa shape index (κ3) is 8.22. The first kappa shape index (κ1) is 31.8. The summed E-state index contributed by atoms with van der Waals surface area (Å²) < 4.78 is 0. The predicted octanol–water partition coefficient (Wildman–Crippen LogP) is 1.15. The molecule has 0 saturated heterocycles. The van der Waals surface area contributed by atoms with Crippen LogP contribution in [0.15, 0.2) is 67.3 Å². The third-order valence-electron chi connectivity index (χ3n) is 7.36. The minimum absolute atomic E-state index is 0.0253. The number of nitrogens with zero attached hydrogens (tertiary/aromatic N) is 1. The number of carboxylic acids is 1. The average molecular weight is 604 g/mol. The van der Waals surface area contributed by atoms with Crippen molar-refractivity contribution >= 4 is 34.6 Å². The maximum atomic E-state index is 13.7. The number of carboxylic acid groups (broad SMARTS) is 1. The predicted molar refractivity (Wildman–Crippen MR) is 162 cm³/mol. The molecule has 0 fully saturated rings. The fourth-order valence-electron chi connectivity index (χ4n) is 4.74. The minimum atomic E-state index is -1.32. The number of phenols is 1. The molecule has 0 radical (unpaired) electrons. The summed E-state index contributed by atoms with van der Waals surface area (Å²) in [5, 5.41) is 28.3. The highest BCUT2D eigenvalue weighted by Gasteiger charge is 2.32. The van der Waals surface area contributed by atoms with Gasteiger partial charge in [-0.05, 0) is 35.2 Å². The van der Waals surface area contributed by atoms with Gasteiger partial charge >= 0.3 is 5.97 Å². The highest BCUT2D eigenvalue weighted by atomic mass is 16.4. The van der Waals surface area contributed by atoms with Gasteiger partial charge in [-0.15, -0.1) is 0 Å². The number of phenolic OH excluding ortho intramolecular Hbond substituents is 1. The Morgan fingerprint density at radius 3 is 2.11 bits per heavy atom. The number of aliphatic carboxylic acids is 1. The van der Waals surface area contributed by atoms with E-state index in [1.54, 1.807) is 32.2 Å². The van der Waals surface area contributed by atoms with Crippen molar-refractivity contribution in [1.82, 2.24) is 30.9 Å². The van der Waals surface area contributed by atoms with E-state index in [9.17, 15) is 29.4 Å². The van der Waals surface area contributed by atoms with Crippen LogP contribution in [0.5, 0.6) is 5.75 Å². The first-order chi connectivity index (χ1) is 21.0. The van der Waals surface area contributed by atoms with Crippen LogP contribution in [0.25, 0.3) is 10.9 Å². The summed E-state index contributed by atoms with van der Waals surface area (Å²) in [5.74, 6) is -3.34. The van der Waals surface area contributed by atoms with E-state index in [0.717, 1.165) is 16.5 Å². The van der Waals surface area contributed by atoms with Crippen molar-refractivity contribution in [3.05, 3.63) is 84.1 Å². The number of aromatic hydroxyl groups is 1. The second-order valence-corrected chi connectivity index (χ2v) is 11.0. The first-order valence-electron chi connectivity index (χ1n) is 14.2. The summed E-state index contributed by atoms with van der Waals surface area (Å²) in [6.07, 6.45) is 4.71. The van der Waals surface area contributed by atoms with E-state index < -0.39 is 47.9 Å². The molecule has 0 aliphatic carbocycles. The van der Waals surface area contributed by atoms with Gasteiger partial charge in [0.2, 0.25) is 17.7 Å². The lowest BCUT2D eigenvalue weighted by atomic mass is 10.0. The number of aromatic nitrogens is 3. The van der Waals surface area contributed by atoms with E-state index in [1.807, 2.05) is 24.3 Å². The fraction of sp³-hybridized carbons (Fsp3) is 0.323. The number of nitrogens with one attached hydrogen (secondary N) is 5. The molecule has 0 saturated carbocycles. The number of benzene rings is 2. The highest BCUT2D eigenvalue weighted by molar-refractivity contribution is 5.95. The van der Waals surface area contributed by atoms with Gasteiger partial charge in [-0.3, -0.25) is 14.4 Å². The Hall–Kier alpha value is -5.17. The van der Waals surface area contributed by atoms with Crippen molar-refractivity contribution in [2.24, 2.45) is 11.7 Å². The molecule has 4 aromatic rings. The van der Waals surface area contributed by atoms with E-state index >= 15 is 0 Å². The van der Waals surface area contributed by atoms with Crippen LogP contribution in [0.3, 0.4) is 0 Å². The molecule has 2 aromatic carbocycles. The highest BCUT2D eigenvalue weighted by Crippen LogP contribution is 2.20. The molecule has 4 rings (SSSR count). The Labute approximate surface area is 253 Å². The molecule has 9 N–H and O–H groups in total. The smallest absolute Gasteiger partial charge is 0.326 e. The zero-order valence-electron chi connectivity index (χ0n) is 24.4. The molecule has 0 aliphatic heterocycles. The number of carbonyl (C=O) groups is 4. The molecule has 44 heavy (non-hydrogen) atoms. The second kappa shape index (κ2) is 14.3. The lowest BCUT2D eigenvalue weighted by molar-refractivity contribution is -0.142.